The Labute approximate surface area is 223 Å². The molecule has 0 spiro atoms. The zero-order valence-electron chi connectivity index (χ0n) is 21.0. The van der Waals surface area contributed by atoms with Crippen molar-refractivity contribution in [3.05, 3.63) is 88.1 Å². The summed E-state index contributed by atoms with van der Waals surface area (Å²) < 4.78 is 30.3. The molecule has 0 unspecified atom stereocenters. The highest BCUT2D eigenvalue weighted by atomic mass is 32.2. The Morgan fingerprint density at radius 3 is 2.58 bits per heavy atom. The van der Waals surface area contributed by atoms with Gasteiger partial charge in [-0.2, -0.15) is 4.68 Å². The minimum absolute atomic E-state index is 0.00302. The summed E-state index contributed by atoms with van der Waals surface area (Å²) in [7, 11) is -3.87. The molecule has 3 aromatic heterocycles. The molecular weight excluding hydrogens is 522 g/mol. The van der Waals surface area contributed by atoms with Gasteiger partial charge in [-0.05, 0) is 62.7 Å². The van der Waals surface area contributed by atoms with E-state index in [-0.39, 0.29) is 16.4 Å². The van der Waals surface area contributed by atoms with Gasteiger partial charge in [0.15, 0.2) is 0 Å². The van der Waals surface area contributed by atoms with Crippen LogP contribution in [-0.4, -0.2) is 38.9 Å². The van der Waals surface area contributed by atoms with E-state index in [9.17, 15) is 13.2 Å². The third-order valence-electron chi connectivity index (χ3n) is 5.77. The van der Waals surface area contributed by atoms with E-state index in [1.165, 1.54) is 34.3 Å². The SMILES string of the molecule is CCCc1[nH]n(-c2nc3ccccc3s2)c(=O)c1C(C)=Nc1ccc(S(=O)(=O)Nc2nccc(C)n2)cc1. The molecular formula is C26H25N7O3S2. The molecule has 0 amide bonds. The molecule has 0 fully saturated rings. The van der Waals surface area contributed by atoms with Gasteiger partial charge in [0.2, 0.25) is 11.1 Å². The van der Waals surface area contributed by atoms with E-state index in [1.54, 1.807) is 32.0 Å². The van der Waals surface area contributed by atoms with Crippen LogP contribution in [0.1, 0.15) is 37.2 Å². The largest absolute Gasteiger partial charge is 0.292 e. The van der Waals surface area contributed by atoms with Crippen molar-refractivity contribution >= 4 is 48.9 Å². The van der Waals surface area contributed by atoms with Gasteiger partial charge >= 0.3 is 0 Å². The van der Waals surface area contributed by atoms with Crippen LogP contribution in [0.3, 0.4) is 0 Å². The summed E-state index contributed by atoms with van der Waals surface area (Å²) in [6.07, 6.45) is 2.99. The summed E-state index contributed by atoms with van der Waals surface area (Å²) in [5, 5.41) is 3.79. The van der Waals surface area contributed by atoms with Gasteiger partial charge in [-0.1, -0.05) is 36.8 Å². The molecule has 2 aromatic carbocycles. The number of fused-ring (bicyclic) bond motifs is 1. The average molecular weight is 548 g/mol. The fraction of sp³-hybridized carbons (Fsp3) is 0.192. The van der Waals surface area contributed by atoms with Crippen LogP contribution in [0.15, 0.2) is 75.5 Å². The Morgan fingerprint density at radius 1 is 1.11 bits per heavy atom. The molecule has 0 bridgehead atoms. The van der Waals surface area contributed by atoms with Crippen LogP contribution in [0.5, 0.6) is 0 Å². The summed E-state index contributed by atoms with van der Waals surface area (Å²) in [6, 6.07) is 15.5. The second kappa shape index (κ2) is 10.3. The first kappa shape index (κ1) is 25.5. The van der Waals surface area contributed by atoms with Gasteiger partial charge < -0.3 is 0 Å². The molecule has 0 saturated heterocycles. The maximum absolute atomic E-state index is 13.5. The number of H-pyrrole nitrogens is 1. The molecule has 0 aliphatic rings. The maximum Gasteiger partial charge on any atom is 0.282 e. The summed E-state index contributed by atoms with van der Waals surface area (Å²) >= 11 is 1.43. The molecule has 12 heteroatoms. The number of aromatic amines is 1. The number of aromatic nitrogens is 5. The summed E-state index contributed by atoms with van der Waals surface area (Å²) in [5.41, 5.74) is 3.55. The fourth-order valence-corrected chi connectivity index (χ4v) is 5.88. The number of hydrogen-bond donors (Lipinski definition) is 2. The van der Waals surface area contributed by atoms with E-state index < -0.39 is 10.0 Å². The van der Waals surface area contributed by atoms with Crippen LogP contribution in [-0.2, 0) is 16.4 Å². The Morgan fingerprint density at radius 2 is 1.87 bits per heavy atom. The predicted molar refractivity (Wildman–Crippen MR) is 149 cm³/mol. The molecule has 5 aromatic rings. The summed E-state index contributed by atoms with van der Waals surface area (Å²) in [6.45, 7) is 5.56. The van der Waals surface area contributed by atoms with Crippen molar-refractivity contribution < 1.29 is 8.42 Å². The van der Waals surface area contributed by atoms with E-state index in [0.29, 0.717) is 34.2 Å². The second-order valence-electron chi connectivity index (χ2n) is 8.64. The van der Waals surface area contributed by atoms with Gasteiger partial charge in [-0.25, -0.2) is 28.1 Å². The zero-order chi connectivity index (χ0) is 26.9. The Kier molecular flexibility index (Phi) is 6.91. The van der Waals surface area contributed by atoms with Crippen molar-refractivity contribution in [2.45, 2.75) is 38.5 Å². The van der Waals surface area contributed by atoms with E-state index in [4.69, 9.17) is 0 Å². The van der Waals surface area contributed by atoms with Gasteiger partial charge in [0.05, 0.1) is 32.1 Å². The van der Waals surface area contributed by atoms with E-state index in [0.717, 1.165) is 22.3 Å². The van der Waals surface area contributed by atoms with E-state index >= 15 is 0 Å². The van der Waals surface area contributed by atoms with Gasteiger partial charge in [0, 0.05) is 17.6 Å². The molecule has 0 aliphatic heterocycles. The van der Waals surface area contributed by atoms with Crippen molar-refractivity contribution in [3.63, 3.8) is 0 Å². The third-order valence-corrected chi connectivity index (χ3v) is 8.13. The van der Waals surface area contributed by atoms with Crippen LogP contribution >= 0.6 is 11.3 Å². The minimum atomic E-state index is -3.87. The number of benzene rings is 2. The first-order chi connectivity index (χ1) is 18.2. The number of rotatable bonds is 8. The lowest BCUT2D eigenvalue weighted by molar-refractivity contribution is 0.601. The van der Waals surface area contributed by atoms with Gasteiger partial charge in [0.25, 0.3) is 15.6 Å². The van der Waals surface area contributed by atoms with E-state index in [2.05, 4.69) is 29.8 Å². The zero-order valence-corrected chi connectivity index (χ0v) is 22.6. The molecule has 194 valence electrons. The molecule has 5 rings (SSSR count). The van der Waals surface area contributed by atoms with Crippen molar-refractivity contribution in [2.75, 3.05) is 4.72 Å². The first-order valence-corrected chi connectivity index (χ1v) is 14.2. The van der Waals surface area contributed by atoms with Crippen molar-refractivity contribution in [1.29, 1.82) is 0 Å². The predicted octanol–water partition coefficient (Wildman–Crippen LogP) is 4.77. The number of nitrogens with zero attached hydrogens (tertiary/aromatic N) is 5. The lowest BCUT2D eigenvalue weighted by Crippen LogP contribution is -2.19. The molecule has 0 saturated carbocycles. The van der Waals surface area contributed by atoms with Gasteiger partial charge in [0.1, 0.15) is 0 Å². The number of anilines is 1. The number of aryl methyl sites for hydroxylation is 2. The number of nitrogens with one attached hydrogen (secondary N) is 2. The molecule has 2 N–H and O–H groups in total. The summed E-state index contributed by atoms with van der Waals surface area (Å²) in [5.74, 6) is 0.00302. The minimum Gasteiger partial charge on any atom is -0.292 e. The Bertz CT molecular complexity index is 1780. The van der Waals surface area contributed by atoms with Gasteiger partial charge in [-0.3, -0.25) is 14.9 Å². The lowest BCUT2D eigenvalue weighted by Gasteiger charge is -2.07. The third kappa shape index (κ3) is 5.13. The van der Waals surface area contributed by atoms with E-state index in [1.807, 2.05) is 31.2 Å². The average Bonchev–Trinajstić information content (AvgIpc) is 3.45. The molecule has 10 nitrogen and oxygen atoms in total. The second-order valence-corrected chi connectivity index (χ2v) is 11.3. The Hall–Kier alpha value is -4.16. The molecule has 0 atom stereocenters. The van der Waals surface area contributed by atoms with Crippen LogP contribution < -0.4 is 10.3 Å². The number of para-hydroxylation sites is 1. The molecule has 3 heterocycles. The molecule has 0 radical (unpaired) electrons. The van der Waals surface area contributed by atoms with Gasteiger partial charge in [-0.15, -0.1) is 0 Å². The van der Waals surface area contributed by atoms with Crippen molar-refractivity contribution in [3.8, 4) is 5.13 Å². The quantitative estimate of drug-likeness (QED) is 0.269. The maximum atomic E-state index is 13.5. The monoisotopic (exact) mass is 547 g/mol. The van der Waals surface area contributed by atoms with Crippen LogP contribution in [0.4, 0.5) is 11.6 Å². The van der Waals surface area contributed by atoms with Crippen molar-refractivity contribution in [2.24, 2.45) is 4.99 Å². The number of hydrogen-bond acceptors (Lipinski definition) is 8. The first-order valence-electron chi connectivity index (χ1n) is 11.9. The van der Waals surface area contributed by atoms with Crippen LogP contribution in [0.2, 0.25) is 0 Å². The van der Waals surface area contributed by atoms with Crippen molar-refractivity contribution in [1.82, 2.24) is 24.7 Å². The number of sulfonamides is 1. The normalized spacial score (nSPS) is 12.2. The highest BCUT2D eigenvalue weighted by molar-refractivity contribution is 7.92. The van der Waals surface area contributed by atoms with Crippen LogP contribution in [0, 0.1) is 6.92 Å². The molecule has 38 heavy (non-hydrogen) atoms. The number of thiazole rings is 1. The lowest BCUT2D eigenvalue weighted by atomic mass is 10.1. The topological polar surface area (TPSA) is 135 Å². The fourth-order valence-electron chi connectivity index (χ4n) is 4.00. The standard InChI is InChI=1S/C26H25N7O3S2/c1-4-7-21-23(24(34)33(31-21)26-30-20-8-5-6-9-22(20)37-26)17(3)29-18-10-12-19(13-11-18)38(35,36)32-25-27-15-14-16(2)28-25/h5-6,8-15,31H,4,7H2,1-3H3,(H,27,28,32). The smallest absolute Gasteiger partial charge is 0.282 e. The molecule has 0 aliphatic carbocycles. The highest BCUT2D eigenvalue weighted by Crippen LogP contribution is 2.25. The Balaban J connectivity index is 1.45. The summed E-state index contributed by atoms with van der Waals surface area (Å²) in [4.78, 5) is 30.8. The number of aliphatic imine (C=N–C) groups is 1. The van der Waals surface area contributed by atoms with Crippen LogP contribution in [0.25, 0.3) is 15.3 Å². The highest BCUT2D eigenvalue weighted by Gasteiger charge is 2.20.